The molecule has 0 bridgehead atoms. The van der Waals surface area contributed by atoms with E-state index in [4.69, 9.17) is 14.2 Å². The summed E-state index contributed by atoms with van der Waals surface area (Å²) in [5.41, 5.74) is 0. The molecular formula is C65H92O6. The van der Waals surface area contributed by atoms with Gasteiger partial charge in [-0.1, -0.05) is 247 Å². The lowest BCUT2D eigenvalue weighted by Crippen LogP contribution is -2.30. The molecule has 0 aliphatic rings. The molecular weight excluding hydrogens is 877 g/mol. The average molecular weight is 969 g/mol. The predicted molar refractivity (Wildman–Crippen MR) is 306 cm³/mol. The van der Waals surface area contributed by atoms with Crippen LogP contribution in [0.3, 0.4) is 0 Å². The SMILES string of the molecule is CC\C=C/C=C\C=C/C=C\C=C/CCCCCC(=O)OCC(COC(=O)CCCCC\C=C/C=C\C=C\C=C/C=C\C=C/C=C\CC)OC(=O)CCCCC/C=C\C/C=C\C/C=C\C/C=C\C/C=C\CC. The van der Waals surface area contributed by atoms with Gasteiger partial charge in [0.25, 0.3) is 0 Å². The fourth-order valence-corrected chi connectivity index (χ4v) is 6.18. The molecule has 1 atom stereocenters. The normalized spacial score (nSPS) is 13.8. The van der Waals surface area contributed by atoms with Gasteiger partial charge in [-0.15, -0.1) is 0 Å². The maximum Gasteiger partial charge on any atom is 0.306 e. The van der Waals surface area contributed by atoms with E-state index in [9.17, 15) is 14.4 Å². The molecule has 0 fully saturated rings. The molecule has 0 saturated carbocycles. The van der Waals surface area contributed by atoms with E-state index >= 15 is 0 Å². The fourth-order valence-electron chi connectivity index (χ4n) is 6.18. The number of allylic oxidation sites excluding steroid dienone is 34. The first kappa shape index (κ1) is 65.0. The third kappa shape index (κ3) is 54.8. The first-order chi connectivity index (χ1) is 35.0. The molecule has 0 aliphatic carbocycles. The first-order valence-corrected chi connectivity index (χ1v) is 26.8. The Labute approximate surface area is 432 Å². The Morgan fingerprint density at radius 1 is 0.296 bits per heavy atom. The number of esters is 3. The molecule has 0 aromatic carbocycles. The van der Waals surface area contributed by atoms with Gasteiger partial charge >= 0.3 is 17.9 Å². The smallest absolute Gasteiger partial charge is 0.306 e. The Morgan fingerprint density at radius 3 is 0.930 bits per heavy atom. The van der Waals surface area contributed by atoms with E-state index < -0.39 is 6.10 Å². The molecule has 0 aliphatic heterocycles. The van der Waals surface area contributed by atoms with E-state index in [1.807, 2.05) is 122 Å². The molecule has 71 heavy (non-hydrogen) atoms. The standard InChI is InChI=1S/C65H92O6/c1-4-7-10-13-16-19-22-25-28-30-32-34-37-40-43-46-49-52-55-58-64(67)70-61-62(60-69-63(66)57-54-51-48-45-42-39-36-27-24-21-18-15-12-9-6-3)71-65(68)59-56-53-50-47-44-41-38-35-33-31-29-26-23-20-17-14-11-8-5-2/h7-13,15-22,24-30,32-37,39-44,62H,4-6,14,23,31,38,45-61H2,1-3H3/b10-7-,11-8-,12-9-,16-13-,18-15-,20-17-,22-19-,24-21-,28-25-,29-26-,32-30+,35-33-,36-27-,37-34-,42-39-,43-40-,44-41-. The number of hydrogen-bond acceptors (Lipinski definition) is 6. The third-order valence-corrected chi connectivity index (χ3v) is 10.1. The Balaban J connectivity index is 4.69. The molecule has 0 spiro atoms. The topological polar surface area (TPSA) is 78.9 Å². The van der Waals surface area contributed by atoms with E-state index in [1.54, 1.807) is 0 Å². The molecule has 6 nitrogen and oxygen atoms in total. The van der Waals surface area contributed by atoms with Crippen LogP contribution in [0, 0.1) is 0 Å². The van der Waals surface area contributed by atoms with Crippen LogP contribution in [0.2, 0.25) is 0 Å². The Morgan fingerprint density at radius 2 is 0.577 bits per heavy atom. The quantitative estimate of drug-likeness (QED) is 0.0199. The summed E-state index contributed by atoms with van der Waals surface area (Å²) >= 11 is 0. The van der Waals surface area contributed by atoms with Gasteiger partial charge in [-0.3, -0.25) is 14.4 Å². The van der Waals surface area contributed by atoms with Crippen molar-refractivity contribution in [3.63, 3.8) is 0 Å². The van der Waals surface area contributed by atoms with Crippen molar-refractivity contribution >= 4 is 17.9 Å². The van der Waals surface area contributed by atoms with Crippen LogP contribution in [-0.4, -0.2) is 37.2 Å². The molecule has 0 rings (SSSR count). The second-order valence-electron chi connectivity index (χ2n) is 16.6. The molecule has 6 heteroatoms. The summed E-state index contributed by atoms with van der Waals surface area (Å²) in [6.07, 6.45) is 88.0. The summed E-state index contributed by atoms with van der Waals surface area (Å²) in [6, 6.07) is 0. The second kappa shape index (κ2) is 56.6. The Hall–Kier alpha value is -6.01. The van der Waals surface area contributed by atoms with Crippen molar-refractivity contribution < 1.29 is 28.6 Å². The van der Waals surface area contributed by atoms with Crippen LogP contribution in [0.15, 0.2) is 207 Å². The number of ether oxygens (including phenoxy) is 3. The van der Waals surface area contributed by atoms with Gasteiger partial charge in [-0.25, -0.2) is 0 Å². The van der Waals surface area contributed by atoms with Crippen molar-refractivity contribution in [2.24, 2.45) is 0 Å². The van der Waals surface area contributed by atoms with E-state index in [0.717, 1.165) is 103 Å². The van der Waals surface area contributed by atoms with E-state index in [0.29, 0.717) is 19.3 Å². The summed E-state index contributed by atoms with van der Waals surface area (Å²) in [5, 5.41) is 0. The van der Waals surface area contributed by atoms with Gasteiger partial charge in [-0.2, -0.15) is 0 Å². The van der Waals surface area contributed by atoms with E-state index in [1.165, 1.54) is 0 Å². The van der Waals surface area contributed by atoms with Crippen molar-refractivity contribution in [2.75, 3.05) is 13.2 Å². The van der Waals surface area contributed by atoms with Crippen LogP contribution in [0.25, 0.3) is 0 Å². The lowest BCUT2D eigenvalue weighted by Gasteiger charge is -2.18. The van der Waals surface area contributed by atoms with Crippen molar-refractivity contribution in [2.45, 2.75) is 168 Å². The minimum atomic E-state index is -0.847. The molecule has 0 aromatic rings. The van der Waals surface area contributed by atoms with Crippen LogP contribution in [0.5, 0.6) is 0 Å². The molecule has 0 radical (unpaired) electrons. The molecule has 0 aromatic heterocycles. The highest BCUT2D eigenvalue weighted by molar-refractivity contribution is 5.71. The Bertz CT molecular complexity index is 1830. The maximum atomic E-state index is 12.8. The van der Waals surface area contributed by atoms with Crippen LogP contribution in [0.1, 0.15) is 162 Å². The molecule has 1 unspecified atom stereocenters. The fraction of sp³-hybridized carbons (Fsp3) is 0.431. The zero-order valence-electron chi connectivity index (χ0n) is 44.1. The number of hydrogen-bond donors (Lipinski definition) is 0. The average Bonchev–Trinajstić information content (AvgIpc) is 3.37. The molecule has 0 heterocycles. The second-order valence-corrected chi connectivity index (χ2v) is 16.6. The summed E-state index contributed by atoms with van der Waals surface area (Å²) in [6.45, 7) is 6.09. The minimum absolute atomic E-state index is 0.142. The third-order valence-electron chi connectivity index (χ3n) is 10.1. The predicted octanol–water partition coefficient (Wildman–Crippen LogP) is 18.1. The highest BCUT2D eigenvalue weighted by atomic mass is 16.6. The highest BCUT2D eigenvalue weighted by Crippen LogP contribution is 2.11. The van der Waals surface area contributed by atoms with Gasteiger partial charge in [0, 0.05) is 19.3 Å². The number of carbonyl (C=O) groups excluding carboxylic acids is 3. The van der Waals surface area contributed by atoms with Gasteiger partial charge in [0.05, 0.1) is 0 Å². The zero-order chi connectivity index (χ0) is 51.4. The Kier molecular flexibility index (Phi) is 51.8. The highest BCUT2D eigenvalue weighted by Gasteiger charge is 2.19. The monoisotopic (exact) mass is 969 g/mol. The van der Waals surface area contributed by atoms with Gasteiger partial charge in [-0.05, 0) is 103 Å². The van der Waals surface area contributed by atoms with Crippen molar-refractivity contribution in [1.82, 2.24) is 0 Å². The van der Waals surface area contributed by atoms with Gasteiger partial charge in [0.15, 0.2) is 6.10 Å². The summed E-state index contributed by atoms with van der Waals surface area (Å²) in [5.74, 6) is -1.08. The first-order valence-electron chi connectivity index (χ1n) is 26.8. The van der Waals surface area contributed by atoms with Crippen LogP contribution in [0.4, 0.5) is 0 Å². The van der Waals surface area contributed by atoms with E-state index in [2.05, 4.69) is 106 Å². The zero-order valence-corrected chi connectivity index (χ0v) is 44.1. The molecule has 0 N–H and O–H groups in total. The maximum absolute atomic E-state index is 12.8. The molecule has 388 valence electrons. The number of unbranched alkanes of at least 4 members (excludes halogenated alkanes) is 9. The minimum Gasteiger partial charge on any atom is -0.462 e. The van der Waals surface area contributed by atoms with Crippen molar-refractivity contribution in [3.8, 4) is 0 Å². The number of rotatable bonds is 44. The van der Waals surface area contributed by atoms with E-state index in [-0.39, 0.29) is 50.4 Å². The summed E-state index contributed by atoms with van der Waals surface area (Å²) in [7, 11) is 0. The molecule has 0 saturated heterocycles. The number of carbonyl (C=O) groups is 3. The van der Waals surface area contributed by atoms with Crippen molar-refractivity contribution in [1.29, 1.82) is 0 Å². The van der Waals surface area contributed by atoms with Crippen LogP contribution in [-0.2, 0) is 28.6 Å². The largest absolute Gasteiger partial charge is 0.462 e. The lowest BCUT2D eigenvalue weighted by molar-refractivity contribution is -0.167. The summed E-state index contributed by atoms with van der Waals surface area (Å²) < 4.78 is 16.7. The van der Waals surface area contributed by atoms with Crippen molar-refractivity contribution in [3.05, 3.63) is 207 Å². The van der Waals surface area contributed by atoms with Crippen LogP contribution >= 0.6 is 0 Å². The molecule has 0 amide bonds. The van der Waals surface area contributed by atoms with Gasteiger partial charge < -0.3 is 14.2 Å². The van der Waals surface area contributed by atoms with Crippen LogP contribution < -0.4 is 0 Å². The summed E-state index contributed by atoms with van der Waals surface area (Å²) in [4.78, 5) is 38.1. The lowest BCUT2D eigenvalue weighted by atomic mass is 10.1. The van der Waals surface area contributed by atoms with Gasteiger partial charge in [0.2, 0.25) is 0 Å². The van der Waals surface area contributed by atoms with Gasteiger partial charge in [0.1, 0.15) is 13.2 Å².